The van der Waals surface area contributed by atoms with Gasteiger partial charge in [0.1, 0.15) is 10.6 Å². The maximum absolute atomic E-state index is 13.5. The number of piperazine rings is 1. The van der Waals surface area contributed by atoms with E-state index in [1.807, 2.05) is 12.1 Å². The van der Waals surface area contributed by atoms with Gasteiger partial charge >= 0.3 is 0 Å². The van der Waals surface area contributed by atoms with Crippen LogP contribution in [0.15, 0.2) is 58.0 Å². The lowest BCUT2D eigenvalue weighted by Gasteiger charge is -2.32. The largest absolute Gasteiger partial charge is 0.497 e. The van der Waals surface area contributed by atoms with Crippen LogP contribution in [0.25, 0.3) is 10.9 Å². The Morgan fingerprint density at radius 3 is 2.43 bits per heavy atom. The van der Waals surface area contributed by atoms with Gasteiger partial charge in [0.05, 0.1) is 12.6 Å². The van der Waals surface area contributed by atoms with Crippen LogP contribution in [0.5, 0.6) is 5.75 Å². The van der Waals surface area contributed by atoms with Crippen LogP contribution < -0.4 is 4.74 Å². The quantitative estimate of drug-likeness (QED) is 0.542. The second-order valence-corrected chi connectivity index (χ2v) is 9.99. The van der Waals surface area contributed by atoms with Crippen LogP contribution in [0.4, 0.5) is 0 Å². The van der Waals surface area contributed by atoms with E-state index in [9.17, 15) is 8.42 Å². The van der Waals surface area contributed by atoms with E-state index in [4.69, 9.17) is 4.74 Å². The fourth-order valence-electron chi connectivity index (χ4n) is 3.70. The summed E-state index contributed by atoms with van der Waals surface area (Å²) in [6.45, 7) is 4.65. The summed E-state index contributed by atoms with van der Waals surface area (Å²) < 4.78 is 34.2. The van der Waals surface area contributed by atoms with Crippen molar-refractivity contribution in [2.24, 2.45) is 0 Å². The van der Waals surface area contributed by atoms with Gasteiger partial charge in [0.2, 0.25) is 0 Å². The lowest BCUT2D eigenvalue weighted by atomic mass is 10.1. The van der Waals surface area contributed by atoms with Crippen molar-refractivity contribution in [3.63, 3.8) is 0 Å². The highest BCUT2D eigenvalue weighted by Gasteiger charge is 2.25. The summed E-state index contributed by atoms with van der Waals surface area (Å²) in [5.74, 6) is 0.716. The molecule has 0 spiro atoms. The number of ether oxygens (including phenoxy) is 1. The molecule has 2 N–H and O–H groups in total. The molecule has 1 fully saturated rings. The lowest BCUT2D eigenvalue weighted by Crippen LogP contribution is -2.43. The molecule has 0 saturated carbocycles. The van der Waals surface area contributed by atoms with Gasteiger partial charge in [0, 0.05) is 48.8 Å². The molecule has 4 rings (SSSR count). The van der Waals surface area contributed by atoms with Gasteiger partial charge in [0.15, 0.2) is 0 Å². The van der Waals surface area contributed by atoms with Gasteiger partial charge in [-0.2, -0.15) is 0 Å². The summed E-state index contributed by atoms with van der Waals surface area (Å²) >= 11 is 3.38. The van der Waals surface area contributed by atoms with Gasteiger partial charge in [-0.25, -0.2) is 12.4 Å². The van der Waals surface area contributed by atoms with Gasteiger partial charge in [-0.15, -0.1) is 0 Å². The van der Waals surface area contributed by atoms with Crippen molar-refractivity contribution in [1.82, 2.24) is 13.8 Å². The smallest absolute Gasteiger partial charge is 0.269 e. The summed E-state index contributed by atoms with van der Waals surface area (Å²) in [5.41, 5.74) is 1.64. The zero-order valence-corrected chi connectivity index (χ0v) is 19.4. The topological polar surface area (TPSA) is 86.3 Å². The summed E-state index contributed by atoms with van der Waals surface area (Å²) in [5, 5.41) is 0.902. The van der Waals surface area contributed by atoms with E-state index in [1.54, 1.807) is 43.6 Å². The minimum absolute atomic E-state index is 0. The van der Waals surface area contributed by atoms with E-state index in [0.717, 1.165) is 37.1 Å². The third-order valence-corrected chi connectivity index (χ3v) is 8.11. The molecule has 3 aromatic rings. The molecule has 1 saturated heterocycles. The maximum Gasteiger partial charge on any atom is 0.269 e. The molecule has 162 valence electrons. The molecule has 0 atom stereocenters. The van der Waals surface area contributed by atoms with Crippen LogP contribution in [0.3, 0.4) is 0 Å². The number of rotatable bonds is 5. The van der Waals surface area contributed by atoms with Crippen LogP contribution in [0, 0.1) is 0 Å². The Hall–Kier alpha value is -1.91. The Balaban J connectivity index is 0.00000256. The highest BCUT2D eigenvalue weighted by molar-refractivity contribution is 9.10. The standard InChI is InChI=1S/C21H24BrN3O3S.H2O/c1-23-9-11-24(12-10-23)14-16-15-25(20-8-7-17(28-2)13-18(16)20)29(26,27)21-6-4-3-5-19(21)22;/h3-8,13,15H,9-12,14H2,1-2H3;1H2. The molecule has 0 aliphatic carbocycles. The molecule has 0 bridgehead atoms. The SMILES string of the molecule is COc1ccc2c(c1)c(CN1CCN(C)CC1)cn2S(=O)(=O)c1ccccc1Br.O. The fraction of sp³-hybridized carbons (Fsp3) is 0.333. The van der Waals surface area contributed by atoms with E-state index < -0.39 is 10.0 Å². The van der Waals surface area contributed by atoms with E-state index in [0.29, 0.717) is 22.3 Å². The summed E-state index contributed by atoms with van der Waals surface area (Å²) in [4.78, 5) is 4.92. The van der Waals surface area contributed by atoms with E-state index in [2.05, 4.69) is 32.8 Å². The Morgan fingerprint density at radius 2 is 1.77 bits per heavy atom. The van der Waals surface area contributed by atoms with Crippen LogP contribution in [-0.2, 0) is 16.6 Å². The number of nitrogens with zero attached hydrogens (tertiary/aromatic N) is 3. The minimum Gasteiger partial charge on any atom is -0.497 e. The average molecular weight is 496 g/mol. The molecule has 30 heavy (non-hydrogen) atoms. The predicted molar refractivity (Wildman–Crippen MR) is 122 cm³/mol. The van der Waals surface area contributed by atoms with Crippen LogP contribution in [-0.4, -0.2) is 68.0 Å². The molecule has 0 radical (unpaired) electrons. The number of halogens is 1. The van der Waals surface area contributed by atoms with Crippen molar-refractivity contribution in [1.29, 1.82) is 0 Å². The number of likely N-dealkylation sites (N-methyl/N-ethyl adjacent to an activating group) is 1. The summed E-state index contributed by atoms with van der Waals surface area (Å²) in [6, 6.07) is 12.4. The first-order valence-corrected chi connectivity index (χ1v) is 11.7. The van der Waals surface area contributed by atoms with Crippen molar-refractivity contribution in [3.05, 3.63) is 58.7 Å². The first-order chi connectivity index (χ1) is 13.9. The molecule has 1 aliphatic rings. The van der Waals surface area contributed by atoms with Crippen molar-refractivity contribution < 1.29 is 18.6 Å². The Labute approximate surface area is 185 Å². The van der Waals surface area contributed by atoms with Gasteiger partial charge in [-0.05, 0) is 58.9 Å². The van der Waals surface area contributed by atoms with E-state index >= 15 is 0 Å². The van der Waals surface area contributed by atoms with E-state index in [-0.39, 0.29) is 10.4 Å². The summed E-state index contributed by atoms with van der Waals surface area (Å²) in [6.07, 6.45) is 1.76. The molecule has 7 nitrogen and oxygen atoms in total. The number of methoxy groups -OCH3 is 1. The molecule has 0 unspecified atom stereocenters. The summed E-state index contributed by atoms with van der Waals surface area (Å²) in [7, 11) is 0.00219. The van der Waals surface area contributed by atoms with Gasteiger partial charge < -0.3 is 15.1 Å². The van der Waals surface area contributed by atoms with Crippen molar-refractivity contribution >= 4 is 36.9 Å². The molecule has 0 amide bonds. The average Bonchev–Trinajstić information content (AvgIpc) is 3.08. The molecule has 1 aliphatic heterocycles. The van der Waals surface area contributed by atoms with Crippen LogP contribution in [0.1, 0.15) is 5.56 Å². The zero-order valence-electron chi connectivity index (χ0n) is 17.0. The number of benzene rings is 2. The zero-order chi connectivity index (χ0) is 20.6. The molecular formula is C21H26BrN3O4S. The third kappa shape index (κ3) is 4.26. The number of fused-ring (bicyclic) bond motifs is 1. The molecular weight excluding hydrogens is 470 g/mol. The molecule has 2 heterocycles. The van der Waals surface area contributed by atoms with Gasteiger partial charge in [0.25, 0.3) is 10.0 Å². The molecule has 9 heteroatoms. The lowest BCUT2D eigenvalue weighted by molar-refractivity contribution is 0.148. The van der Waals surface area contributed by atoms with Crippen LogP contribution in [0.2, 0.25) is 0 Å². The van der Waals surface area contributed by atoms with Crippen molar-refractivity contribution in [3.8, 4) is 5.75 Å². The second-order valence-electron chi connectivity index (χ2n) is 7.35. The van der Waals surface area contributed by atoms with Crippen molar-refractivity contribution in [2.75, 3.05) is 40.3 Å². The first-order valence-electron chi connectivity index (χ1n) is 9.49. The Kier molecular flexibility index (Phi) is 6.88. The normalized spacial score (nSPS) is 15.8. The molecule has 2 aromatic carbocycles. The fourth-order valence-corrected chi connectivity index (χ4v) is 6.06. The predicted octanol–water partition coefficient (Wildman–Crippen LogP) is 2.57. The maximum atomic E-state index is 13.5. The second kappa shape index (κ2) is 9.07. The highest BCUT2D eigenvalue weighted by atomic mass is 79.9. The minimum atomic E-state index is -3.74. The highest BCUT2D eigenvalue weighted by Crippen LogP contribution is 2.32. The van der Waals surface area contributed by atoms with Crippen LogP contribution >= 0.6 is 15.9 Å². The Morgan fingerprint density at radius 1 is 1.07 bits per heavy atom. The van der Waals surface area contributed by atoms with Gasteiger partial charge in [-0.3, -0.25) is 4.90 Å². The van der Waals surface area contributed by atoms with E-state index in [1.165, 1.54) is 3.97 Å². The third-order valence-electron chi connectivity index (χ3n) is 5.42. The van der Waals surface area contributed by atoms with Gasteiger partial charge in [-0.1, -0.05) is 12.1 Å². The number of hydrogen-bond donors (Lipinski definition) is 0. The number of hydrogen-bond acceptors (Lipinski definition) is 5. The number of aromatic nitrogens is 1. The molecule has 1 aromatic heterocycles. The Bertz CT molecular complexity index is 1140. The first kappa shape index (κ1) is 22.8. The monoisotopic (exact) mass is 495 g/mol. The van der Waals surface area contributed by atoms with Crippen molar-refractivity contribution in [2.45, 2.75) is 11.4 Å².